The number of hydrogen-bond acceptors (Lipinski definition) is 5. The van der Waals surface area contributed by atoms with E-state index in [1.165, 1.54) is 36.2 Å². The third kappa shape index (κ3) is 4.26. The van der Waals surface area contributed by atoms with E-state index < -0.39 is 15.8 Å². The Morgan fingerprint density at radius 3 is 2.58 bits per heavy atom. The van der Waals surface area contributed by atoms with Gasteiger partial charge in [-0.1, -0.05) is 30.3 Å². The molecule has 1 aromatic heterocycles. The quantitative estimate of drug-likeness (QED) is 0.497. The van der Waals surface area contributed by atoms with Crippen molar-refractivity contribution in [2.24, 2.45) is 0 Å². The molecule has 158 valence electrons. The summed E-state index contributed by atoms with van der Waals surface area (Å²) in [5, 5.41) is 0.254. The fraction of sp³-hybridized carbons (Fsp3) is 0.0909. The lowest BCUT2D eigenvalue weighted by molar-refractivity contribution is 0.401. The maximum absolute atomic E-state index is 13.6. The lowest BCUT2D eigenvalue weighted by Crippen LogP contribution is -2.21. The summed E-state index contributed by atoms with van der Waals surface area (Å²) in [4.78, 5) is 16.9. The smallest absolute Gasteiger partial charge is 0.265 e. The minimum Gasteiger partial charge on any atom is -0.495 e. The fourth-order valence-corrected chi connectivity index (χ4v) is 4.42. The zero-order valence-electron chi connectivity index (χ0n) is 16.4. The second-order valence-electron chi connectivity index (χ2n) is 6.80. The minimum absolute atomic E-state index is 0.00146. The zero-order chi connectivity index (χ0) is 22.0. The second kappa shape index (κ2) is 8.19. The normalized spacial score (nSPS) is 11.4. The highest BCUT2D eigenvalue weighted by Crippen LogP contribution is 2.27. The molecule has 0 aliphatic rings. The minimum atomic E-state index is -4.16. The Hall–Kier alpha value is -3.72. The van der Waals surface area contributed by atoms with E-state index >= 15 is 0 Å². The van der Waals surface area contributed by atoms with Crippen LogP contribution < -0.4 is 15.0 Å². The lowest BCUT2D eigenvalue weighted by Gasteiger charge is -2.12. The largest absolute Gasteiger partial charge is 0.495 e. The molecule has 4 rings (SSSR count). The molecule has 31 heavy (non-hydrogen) atoms. The van der Waals surface area contributed by atoms with E-state index in [0.29, 0.717) is 12.1 Å². The SMILES string of the molecule is COc1ccc(F)cc1S(=O)(=O)Nc1ccc2ncn(Cc3ccccc3)c(=O)c2c1. The third-order valence-corrected chi connectivity index (χ3v) is 6.09. The summed E-state index contributed by atoms with van der Waals surface area (Å²) in [6, 6.07) is 17.1. The van der Waals surface area contributed by atoms with Crippen LogP contribution in [0.5, 0.6) is 5.75 Å². The lowest BCUT2D eigenvalue weighted by atomic mass is 10.2. The molecule has 0 spiro atoms. The molecule has 0 unspecified atom stereocenters. The number of sulfonamides is 1. The Morgan fingerprint density at radius 2 is 1.84 bits per heavy atom. The summed E-state index contributed by atoms with van der Waals surface area (Å²) in [6.07, 6.45) is 1.46. The Balaban J connectivity index is 1.71. The van der Waals surface area contributed by atoms with Gasteiger partial charge in [-0.2, -0.15) is 0 Å². The second-order valence-corrected chi connectivity index (χ2v) is 8.45. The Morgan fingerprint density at radius 1 is 1.06 bits per heavy atom. The van der Waals surface area contributed by atoms with Crippen molar-refractivity contribution in [3.05, 3.63) is 94.8 Å². The predicted molar refractivity (Wildman–Crippen MR) is 115 cm³/mol. The molecular formula is C22H18FN3O4S. The number of aromatic nitrogens is 2. The van der Waals surface area contributed by atoms with Gasteiger partial charge in [0, 0.05) is 5.69 Å². The van der Waals surface area contributed by atoms with Crippen LogP contribution in [0, 0.1) is 5.82 Å². The van der Waals surface area contributed by atoms with E-state index in [9.17, 15) is 17.6 Å². The number of rotatable bonds is 6. The molecule has 0 radical (unpaired) electrons. The molecule has 0 aliphatic heterocycles. The first-order valence-electron chi connectivity index (χ1n) is 9.27. The highest BCUT2D eigenvalue weighted by Gasteiger charge is 2.21. The number of halogens is 1. The first-order valence-corrected chi connectivity index (χ1v) is 10.8. The first-order chi connectivity index (χ1) is 14.9. The average molecular weight is 439 g/mol. The van der Waals surface area contributed by atoms with Gasteiger partial charge in [0.05, 0.1) is 30.9 Å². The van der Waals surface area contributed by atoms with Gasteiger partial charge in [0.1, 0.15) is 16.5 Å². The van der Waals surface area contributed by atoms with E-state index in [1.807, 2.05) is 30.3 Å². The van der Waals surface area contributed by atoms with Crippen molar-refractivity contribution in [1.82, 2.24) is 9.55 Å². The van der Waals surface area contributed by atoms with Gasteiger partial charge < -0.3 is 4.74 Å². The van der Waals surface area contributed by atoms with Crippen LogP contribution in [0.1, 0.15) is 5.56 Å². The number of benzene rings is 3. The molecule has 7 nitrogen and oxygen atoms in total. The van der Waals surface area contributed by atoms with Crippen LogP contribution in [-0.2, 0) is 16.6 Å². The van der Waals surface area contributed by atoms with Crippen molar-refractivity contribution in [2.75, 3.05) is 11.8 Å². The average Bonchev–Trinajstić information content (AvgIpc) is 2.76. The summed E-state index contributed by atoms with van der Waals surface area (Å²) >= 11 is 0. The number of fused-ring (bicyclic) bond motifs is 1. The molecule has 0 atom stereocenters. The summed E-state index contributed by atoms with van der Waals surface area (Å²) in [5.41, 5.74) is 1.20. The molecule has 0 saturated carbocycles. The van der Waals surface area contributed by atoms with Crippen molar-refractivity contribution in [3.8, 4) is 5.75 Å². The van der Waals surface area contributed by atoms with E-state index in [-0.39, 0.29) is 27.3 Å². The Bertz CT molecular complexity index is 1420. The number of hydrogen-bond donors (Lipinski definition) is 1. The topological polar surface area (TPSA) is 90.3 Å². The molecule has 0 amide bonds. The molecule has 3 aromatic carbocycles. The van der Waals surface area contributed by atoms with Gasteiger partial charge in [-0.25, -0.2) is 17.8 Å². The van der Waals surface area contributed by atoms with Gasteiger partial charge in [0.15, 0.2) is 0 Å². The van der Waals surface area contributed by atoms with Crippen molar-refractivity contribution in [2.45, 2.75) is 11.4 Å². The number of methoxy groups -OCH3 is 1. The van der Waals surface area contributed by atoms with Crippen LogP contribution in [-0.4, -0.2) is 25.1 Å². The number of ether oxygens (including phenoxy) is 1. The predicted octanol–water partition coefficient (Wildman–Crippen LogP) is 3.39. The highest BCUT2D eigenvalue weighted by atomic mass is 32.2. The first kappa shape index (κ1) is 20.5. The van der Waals surface area contributed by atoms with Crippen LogP contribution in [0.3, 0.4) is 0 Å². The Kier molecular flexibility index (Phi) is 5.43. The van der Waals surface area contributed by atoms with Crippen LogP contribution in [0.2, 0.25) is 0 Å². The summed E-state index contributed by atoms with van der Waals surface area (Å²) in [7, 11) is -2.87. The van der Waals surface area contributed by atoms with Crippen molar-refractivity contribution >= 4 is 26.6 Å². The van der Waals surface area contributed by atoms with Crippen LogP contribution in [0.4, 0.5) is 10.1 Å². The van der Waals surface area contributed by atoms with Crippen molar-refractivity contribution in [3.63, 3.8) is 0 Å². The molecule has 1 N–H and O–H groups in total. The summed E-state index contributed by atoms with van der Waals surface area (Å²) < 4.78 is 48.1. The van der Waals surface area contributed by atoms with E-state index in [2.05, 4.69) is 9.71 Å². The maximum atomic E-state index is 13.6. The van der Waals surface area contributed by atoms with Crippen molar-refractivity contribution < 1.29 is 17.5 Å². The van der Waals surface area contributed by atoms with E-state index in [0.717, 1.165) is 17.7 Å². The Labute approximate surface area is 177 Å². The molecule has 0 aliphatic carbocycles. The van der Waals surface area contributed by atoms with Gasteiger partial charge in [0.2, 0.25) is 0 Å². The van der Waals surface area contributed by atoms with Gasteiger partial charge in [-0.05, 0) is 42.0 Å². The molecular weight excluding hydrogens is 421 g/mol. The molecule has 9 heteroatoms. The van der Waals surface area contributed by atoms with Gasteiger partial charge in [-0.15, -0.1) is 0 Å². The molecule has 1 heterocycles. The molecule has 0 bridgehead atoms. The maximum Gasteiger partial charge on any atom is 0.265 e. The summed E-state index contributed by atoms with van der Waals surface area (Å²) in [5.74, 6) is -0.714. The van der Waals surface area contributed by atoms with Crippen LogP contribution >= 0.6 is 0 Å². The number of anilines is 1. The van der Waals surface area contributed by atoms with Crippen LogP contribution in [0.15, 0.2) is 82.7 Å². The highest BCUT2D eigenvalue weighted by molar-refractivity contribution is 7.92. The van der Waals surface area contributed by atoms with Crippen molar-refractivity contribution in [1.29, 1.82) is 0 Å². The zero-order valence-corrected chi connectivity index (χ0v) is 17.3. The fourth-order valence-electron chi connectivity index (χ4n) is 3.19. The van der Waals surface area contributed by atoms with Crippen LogP contribution in [0.25, 0.3) is 10.9 Å². The number of nitrogens with one attached hydrogen (secondary N) is 1. The monoisotopic (exact) mass is 439 g/mol. The molecule has 0 fully saturated rings. The molecule has 4 aromatic rings. The summed E-state index contributed by atoms with van der Waals surface area (Å²) in [6.45, 7) is 0.332. The standard InChI is InChI=1S/C22H18FN3O4S/c1-30-20-10-7-16(23)11-21(20)31(28,29)25-17-8-9-19-18(12-17)22(27)26(14-24-19)13-15-5-3-2-4-6-15/h2-12,14,25H,13H2,1H3. The third-order valence-electron chi connectivity index (χ3n) is 4.69. The van der Waals surface area contributed by atoms with E-state index in [4.69, 9.17) is 4.74 Å². The van der Waals surface area contributed by atoms with Gasteiger partial charge in [0.25, 0.3) is 15.6 Å². The van der Waals surface area contributed by atoms with Gasteiger partial charge >= 0.3 is 0 Å². The van der Waals surface area contributed by atoms with Gasteiger partial charge in [-0.3, -0.25) is 14.1 Å². The molecule has 0 saturated heterocycles. The number of nitrogens with zero attached hydrogens (tertiary/aromatic N) is 2. The van der Waals surface area contributed by atoms with E-state index in [1.54, 1.807) is 6.07 Å².